The minimum Gasteiger partial charge on any atom is -0.496 e. The number of ether oxygens (including phenoxy) is 3. The maximum Gasteiger partial charge on any atom is 0.261 e. The van der Waals surface area contributed by atoms with Crippen LogP contribution in [0.5, 0.6) is 17.2 Å². The molecular formula is C25H34N2O5. The number of nitrogens with one attached hydrogen (secondary N) is 1. The molecule has 1 N–H and O–H groups in total. The van der Waals surface area contributed by atoms with E-state index in [1.54, 1.807) is 44.2 Å². The number of carbonyl (C=O) groups is 2. The molecule has 7 nitrogen and oxygen atoms in total. The van der Waals surface area contributed by atoms with Crippen LogP contribution < -0.4 is 19.5 Å². The van der Waals surface area contributed by atoms with Gasteiger partial charge in [-0.3, -0.25) is 9.59 Å². The summed E-state index contributed by atoms with van der Waals surface area (Å²) in [5.41, 5.74) is 2.04. The first-order valence-electron chi connectivity index (χ1n) is 10.8. The fraction of sp³-hybridized carbons (Fsp3) is 0.440. The van der Waals surface area contributed by atoms with Crippen molar-refractivity contribution in [3.8, 4) is 17.2 Å². The third kappa shape index (κ3) is 7.18. The molecule has 2 rings (SSSR count). The number of nitrogens with zero attached hydrogens (tertiary/aromatic N) is 1. The van der Waals surface area contributed by atoms with Crippen molar-refractivity contribution in [3.05, 3.63) is 53.6 Å². The maximum atomic E-state index is 13.2. The second-order valence-electron chi connectivity index (χ2n) is 7.84. The molecular weight excluding hydrogens is 408 g/mol. The van der Waals surface area contributed by atoms with Gasteiger partial charge in [0.15, 0.2) is 6.61 Å². The van der Waals surface area contributed by atoms with E-state index in [2.05, 4.69) is 5.32 Å². The van der Waals surface area contributed by atoms with Gasteiger partial charge in [0, 0.05) is 30.8 Å². The van der Waals surface area contributed by atoms with E-state index >= 15 is 0 Å². The van der Waals surface area contributed by atoms with E-state index in [-0.39, 0.29) is 24.5 Å². The van der Waals surface area contributed by atoms with Crippen molar-refractivity contribution >= 4 is 11.8 Å². The lowest BCUT2D eigenvalue weighted by atomic mass is 10.1. The summed E-state index contributed by atoms with van der Waals surface area (Å²) in [7, 11) is 3.09. The molecule has 0 saturated carbocycles. The third-order valence-corrected chi connectivity index (χ3v) is 5.29. The zero-order chi connectivity index (χ0) is 23.7. The van der Waals surface area contributed by atoms with Crippen LogP contribution in [0.25, 0.3) is 0 Å². The number of carbonyl (C=O) groups excluding carboxylic acids is 2. The Kier molecular flexibility index (Phi) is 9.38. The van der Waals surface area contributed by atoms with Crippen LogP contribution in [-0.4, -0.2) is 49.6 Å². The fourth-order valence-corrected chi connectivity index (χ4v) is 3.15. The number of amides is 2. The summed E-state index contributed by atoms with van der Waals surface area (Å²) < 4.78 is 16.2. The third-order valence-electron chi connectivity index (χ3n) is 5.29. The number of rotatable bonds is 11. The van der Waals surface area contributed by atoms with E-state index in [4.69, 9.17) is 14.2 Å². The molecule has 0 aliphatic heterocycles. The Morgan fingerprint density at radius 1 is 1.00 bits per heavy atom. The van der Waals surface area contributed by atoms with Gasteiger partial charge in [-0.1, -0.05) is 36.8 Å². The average Bonchev–Trinajstić information content (AvgIpc) is 2.80. The highest BCUT2D eigenvalue weighted by atomic mass is 16.5. The SMILES string of the molecule is CC[C@@H](C)NC(=O)[C@@H](C)N(Cc1cccc(C)c1)C(=O)COc1cc(OC)cc(OC)c1. The van der Waals surface area contributed by atoms with Gasteiger partial charge in [-0.15, -0.1) is 0 Å². The van der Waals surface area contributed by atoms with Gasteiger partial charge in [0.1, 0.15) is 23.3 Å². The predicted octanol–water partition coefficient (Wildman–Crippen LogP) is 3.72. The second-order valence-corrected chi connectivity index (χ2v) is 7.84. The Bertz CT molecular complexity index is 893. The van der Waals surface area contributed by atoms with Crippen LogP contribution in [0.3, 0.4) is 0 Å². The molecule has 2 aromatic carbocycles. The second kappa shape index (κ2) is 12.0. The van der Waals surface area contributed by atoms with Crippen molar-refractivity contribution in [2.24, 2.45) is 0 Å². The molecule has 0 aromatic heterocycles. The molecule has 32 heavy (non-hydrogen) atoms. The van der Waals surface area contributed by atoms with E-state index in [0.29, 0.717) is 23.8 Å². The molecule has 174 valence electrons. The summed E-state index contributed by atoms with van der Waals surface area (Å²) in [5.74, 6) is 1.08. The highest BCUT2D eigenvalue weighted by molar-refractivity contribution is 5.88. The summed E-state index contributed by atoms with van der Waals surface area (Å²) in [4.78, 5) is 27.5. The summed E-state index contributed by atoms with van der Waals surface area (Å²) in [6.07, 6.45) is 0.811. The first-order chi connectivity index (χ1) is 15.3. The lowest BCUT2D eigenvalue weighted by Crippen LogP contribution is -2.50. The molecule has 0 radical (unpaired) electrons. The smallest absolute Gasteiger partial charge is 0.261 e. The van der Waals surface area contributed by atoms with Crippen molar-refractivity contribution in [3.63, 3.8) is 0 Å². The van der Waals surface area contributed by atoms with Crippen LogP contribution in [0.2, 0.25) is 0 Å². The first kappa shape index (κ1) is 25.0. The maximum absolute atomic E-state index is 13.2. The number of aryl methyl sites for hydroxylation is 1. The largest absolute Gasteiger partial charge is 0.496 e. The van der Waals surface area contributed by atoms with E-state index < -0.39 is 6.04 Å². The van der Waals surface area contributed by atoms with Gasteiger partial charge in [-0.2, -0.15) is 0 Å². The van der Waals surface area contributed by atoms with Crippen molar-refractivity contribution in [1.82, 2.24) is 10.2 Å². The van der Waals surface area contributed by atoms with Gasteiger partial charge in [0.25, 0.3) is 5.91 Å². The zero-order valence-electron chi connectivity index (χ0n) is 19.8. The molecule has 0 bridgehead atoms. The van der Waals surface area contributed by atoms with Gasteiger partial charge < -0.3 is 24.4 Å². The monoisotopic (exact) mass is 442 g/mol. The Hall–Kier alpha value is -3.22. The molecule has 2 aromatic rings. The summed E-state index contributed by atoms with van der Waals surface area (Å²) in [6.45, 7) is 7.76. The van der Waals surface area contributed by atoms with Gasteiger partial charge in [-0.25, -0.2) is 0 Å². The molecule has 0 fully saturated rings. The number of hydrogen-bond donors (Lipinski definition) is 1. The van der Waals surface area contributed by atoms with Crippen LogP contribution in [0.15, 0.2) is 42.5 Å². The highest BCUT2D eigenvalue weighted by Gasteiger charge is 2.27. The Balaban J connectivity index is 2.20. The molecule has 2 amide bonds. The number of benzene rings is 2. The van der Waals surface area contributed by atoms with Gasteiger partial charge in [0.05, 0.1) is 14.2 Å². The summed E-state index contributed by atoms with van der Waals surface area (Å²) in [6, 6.07) is 12.3. The molecule has 0 spiro atoms. The van der Waals surface area contributed by atoms with E-state index in [1.165, 1.54) is 0 Å². The van der Waals surface area contributed by atoms with Gasteiger partial charge >= 0.3 is 0 Å². The van der Waals surface area contributed by atoms with Gasteiger partial charge in [-0.05, 0) is 32.8 Å². The van der Waals surface area contributed by atoms with Gasteiger partial charge in [0.2, 0.25) is 5.91 Å². The quantitative estimate of drug-likeness (QED) is 0.574. The molecule has 2 atom stereocenters. The summed E-state index contributed by atoms with van der Waals surface area (Å²) >= 11 is 0. The lowest BCUT2D eigenvalue weighted by Gasteiger charge is -2.29. The van der Waals surface area contributed by atoms with Crippen LogP contribution in [-0.2, 0) is 16.1 Å². The minimum atomic E-state index is -0.652. The normalized spacial score (nSPS) is 12.4. The van der Waals surface area contributed by atoms with E-state index in [9.17, 15) is 9.59 Å². The first-order valence-corrected chi connectivity index (χ1v) is 10.8. The minimum absolute atomic E-state index is 0.0290. The molecule has 0 heterocycles. The van der Waals surface area contributed by atoms with Crippen LogP contribution in [0, 0.1) is 6.92 Å². The van der Waals surface area contributed by atoms with Crippen molar-refractivity contribution in [2.45, 2.75) is 52.7 Å². The summed E-state index contributed by atoms with van der Waals surface area (Å²) in [5, 5.41) is 2.96. The molecule has 0 unspecified atom stereocenters. The topological polar surface area (TPSA) is 77.1 Å². The van der Waals surface area contributed by atoms with Crippen molar-refractivity contribution in [1.29, 1.82) is 0 Å². The Morgan fingerprint density at radius 2 is 1.62 bits per heavy atom. The molecule has 0 aliphatic carbocycles. The predicted molar refractivity (Wildman–Crippen MR) is 124 cm³/mol. The van der Waals surface area contributed by atoms with E-state index in [0.717, 1.165) is 17.5 Å². The van der Waals surface area contributed by atoms with Crippen LogP contribution in [0.4, 0.5) is 0 Å². The highest BCUT2D eigenvalue weighted by Crippen LogP contribution is 2.27. The molecule has 0 saturated heterocycles. The number of methoxy groups -OCH3 is 2. The Morgan fingerprint density at radius 3 is 2.19 bits per heavy atom. The average molecular weight is 443 g/mol. The fourth-order valence-electron chi connectivity index (χ4n) is 3.15. The van der Waals surface area contributed by atoms with Crippen molar-refractivity contribution in [2.75, 3.05) is 20.8 Å². The van der Waals surface area contributed by atoms with Crippen LogP contribution in [0.1, 0.15) is 38.3 Å². The standard InChI is InChI=1S/C25H34N2O5/c1-7-18(3)26-25(29)19(4)27(15-20-10-8-9-17(2)11-20)24(28)16-32-23-13-21(30-5)12-22(14-23)31-6/h8-14,18-19H,7,15-16H2,1-6H3,(H,26,29)/t18-,19-/m1/s1. The van der Waals surface area contributed by atoms with Crippen LogP contribution >= 0.6 is 0 Å². The molecule has 0 aliphatic rings. The van der Waals surface area contributed by atoms with E-state index in [1.807, 2.05) is 45.0 Å². The Labute approximate surface area is 190 Å². The van der Waals surface area contributed by atoms with Crippen molar-refractivity contribution < 1.29 is 23.8 Å². The molecule has 7 heteroatoms. The lowest BCUT2D eigenvalue weighted by molar-refractivity contribution is -0.142. The zero-order valence-corrected chi connectivity index (χ0v) is 19.8. The number of hydrogen-bond acceptors (Lipinski definition) is 5.